The Balaban J connectivity index is 2.17. The molecule has 4 heteroatoms. The Morgan fingerprint density at radius 3 is 1.78 bits per heavy atom. The van der Waals surface area contributed by atoms with Crippen LogP contribution in [0.5, 0.6) is 0 Å². The van der Waals surface area contributed by atoms with Crippen molar-refractivity contribution in [2.24, 2.45) is 0 Å². The van der Waals surface area contributed by atoms with E-state index in [-0.39, 0.29) is 4.48 Å². The summed E-state index contributed by atoms with van der Waals surface area (Å²) in [7, 11) is 3.26. The molecule has 3 rings (SSSR count). The van der Waals surface area contributed by atoms with Gasteiger partial charge in [0.15, 0.2) is 6.54 Å². The van der Waals surface area contributed by atoms with Crippen LogP contribution in [-0.2, 0) is 6.54 Å². The van der Waals surface area contributed by atoms with E-state index in [1.807, 2.05) is 48.5 Å². The summed E-state index contributed by atoms with van der Waals surface area (Å²) >= 11 is 0. The van der Waals surface area contributed by atoms with Gasteiger partial charge in [0.1, 0.15) is 6.54 Å². The van der Waals surface area contributed by atoms with Crippen molar-refractivity contribution < 1.29 is 17.7 Å². The highest BCUT2D eigenvalue weighted by Gasteiger charge is 2.37. The molecule has 120 valence electrons. The summed E-state index contributed by atoms with van der Waals surface area (Å²) in [5.74, 6) is 0. The fourth-order valence-electron chi connectivity index (χ4n) is 3.25. The zero-order chi connectivity index (χ0) is 16.7. The SMILES string of the molecule is C[N+](C)(Cc1c2ccccc2cc2ccccc12)CC(F)(F)F. The predicted molar refractivity (Wildman–Crippen MR) is 88.2 cm³/mol. The average molecular weight is 318 g/mol. The van der Waals surface area contributed by atoms with Gasteiger partial charge in [0, 0.05) is 5.56 Å². The molecule has 23 heavy (non-hydrogen) atoms. The molecule has 0 aromatic heterocycles. The monoisotopic (exact) mass is 318 g/mol. The second-order valence-electron chi connectivity index (χ2n) is 6.66. The number of hydrogen-bond donors (Lipinski definition) is 0. The Labute approximate surface area is 133 Å². The third-order valence-electron chi connectivity index (χ3n) is 4.08. The largest absolute Gasteiger partial charge is 0.438 e. The van der Waals surface area contributed by atoms with E-state index in [2.05, 4.69) is 6.07 Å². The number of benzene rings is 3. The molecule has 3 aromatic rings. The Bertz CT molecular complexity index is 796. The fourth-order valence-corrected chi connectivity index (χ4v) is 3.25. The molecule has 3 aromatic carbocycles. The van der Waals surface area contributed by atoms with Gasteiger partial charge in [0.25, 0.3) is 0 Å². The summed E-state index contributed by atoms with van der Waals surface area (Å²) in [6.45, 7) is -0.508. The Hall–Kier alpha value is -2.07. The Morgan fingerprint density at radius 1 is 0.826 bits per heavy atom. The van der Waals surface area contributed by atoms with Crippen LogP contribution in [0.4, 0.5) is 13.2 Å². The zero-order valence-electron chi connectivity index (χ0n) is 13.2. The maximum absolute atomic E-state index is 12.9. The standard InChI is InChI=1S/C19H19F3N/c1-23(2,13-19(20,21)22)12-18-16-9-5-3-7-14(16)11-15-8-4-6-10-17(15)18/h3-11H,12-13H2,1-2H3/q+1. The predicted octanol–water partition coefficient (Wildman–Crippen LogP) is 5.13. The normalized spacial score (nSPS) is 12.9. The molecular formula is C19H19F3N+. The van der Waals surface area contributed by atoms with Gasteiger partial charge in [-0.2, -0.15) is 13.2 Å². The summed E-state index contributed by atoms with van der Waals surface area (Å²) < 4.78 is 38.5. The summed E-state index contributed by atoms with van der Waals surface area (Å²) in [4.78, 5) is 0. The first-order valence-electron chi connectivity index (χ1n) is 7.53. The molecule has 0 radical (unpaired) electrons. The molecule has 0 unspecified atom stereocenters. The van der Waals surface area contributed by atoms with Crippen LogP contribution in [0.3, 0.4) is 0 Å². The summed E-state index contributed by atoms with van der Waals surface area (Å²) in [6.07, 6.45) is -4.18. The fraction of sp³-hybridized carbons (Fsp3) is 0.263. The topological polar surface area (TPSA) is 0 Å². The highest BCUT2D eigenvalue weighted by atomic mass is 19.4. The molecule has 0 aliphatic rings. The molecule has 0 amide bonds. The van der Waals surface area contributed by atoms with Gasteiger partial charge in [0.2, 0.25) is 0 Å². The molecule has 0 N–H and O–H groups in total. The van der Waals surface area contributed by atoms with Crippen LogP contribution in [-0.4, -0.2) is 31.3 Å². The van der Waals surface area contributed by atoms with Gasteiger partial charge >= 0.3 is 6.18 Å². The van der Waals surface area contributed by atoms with Gasteiger partial charge in [-0.15, -0.1) is 0 Å². The van der Waals surface area contributed by atoms with Gasteiger partial charge in [-0.05, 0) is 27.6 Å². The van der Waals surface area contributed by atoms with Crippen LogP contribution in [0.15, 0.2) is 54.6 Å². The van der Waals surface area contributed by atoms with Gasteiger partial charge < -0.3 is 4.48 Å². The van der Waals surface area contributed by atoms with Crippen molar-refractivity contribution in [1.29, 1.82) is 0 Å². The molecule has 0 atom stereocenters. The zero-order valence-corrected chi connectivity index (χ0v) is 13.2. The summed E-state index contributed by atoms with van der Waals surface area (Å²) in [5, 5.41) is 4.18. The van der Waals surface area contributed by atoms with Crippen molar-refractivity contribution in [3.63, 3.8) is 0 Å². The number of rotatable bonds is 3. The second kappa shape index (κ2) is 5.53. The van der Waals surface area contributed by atoms with E-state index in [0.29, 0.717) is 6.54 Å². The van der Waals surface area contributed by atoms with Crippen LogP contribution in [0.1, 0.15) is 5.56 Å². The quantitative estimate of drug-likeness (QED) is 0.464. The first-order chi connectivity index (χ1) is 10.8. The van der Waals surface area contributed by atoms with E-state index in [1.54, 1.807) is 14.1 Å². The lowest BCUT2D eigenvalue weighted by atomic mass is 9.96. The van der Waals surface area contributed by atoms with E-state index >= 15 is 0 Å². The van der Waals surface area contributed by atoms with E-state index in [9.17, 15) is 13.2 Å². The number of nitrogens with zero attached hydrogens (tertiary/aromatic N) is 1. The lowest BCUT2D eigenvalue weighted by Crippen LogP contribution is -2.45. The van der Waals surface area contributed by atoms with Gasteiger partial charge in [-0.25, -0.2) is 0 Å². The molecule has 0 aliphatic carbocycles. The highest BCUT2D eigenvalue weighted by Crippen LogP contribution is 2.31. The summed E-state index contributed by atoms with van der Waals surface area (Å²) in [6, 6.07) is 17.9. The van der Waals surface area contributed by atoms with E-state index in [0.717, 1.165) is 27.1 Å². The first kappa shape index (κ1) is 15.8. The maximum Gasteiger partial charge on any atom is 0.438 e. The molecule has 0 saturated carbocycles. The molecule has 0 spiro atoms. The number of fused-ring (bicyclic) bond motifs is 2. The molecular weight excluding hydrogens is 299 g/mol. The van der Waals surface area contributed by atoms with Gasteiger partial charge in [-0.3, -0.25) is 0 Å². The molecule has 0 fully saturated rings. The van der Waals surface area contributed by atoms with Crippen LogP contribution >= 0.6 is 0 Å². The number of alkyl halides is 3. The minimum absolute atomic E-state index is 0.124. The number of hydrogen-bond acceptors (Lipinski definition) is 0. The first-order valence-corrected chi connectivity index (χ1v) is 7.53. The molecule has 0 saturated heterocycles. The maximum atomic E-state index is 12.9. The molecule has 0 aliphatic heterocycles. The summed E-state index contributed by atoms with van der Waals surface area (Å²) in [5.41, 5.74) is 0.980. The molecule has 1 nitrogen and oxygen atoms in total. The van der Waals surface area contributed by atoms with Crippen LogP contribution in [0.25, 0.3) is 21.5 Å². The molecule has 0 heterocycles. The van der Waals surface area contributed by atoms with Crippen LogP contribution in [0.2, 0.25) is 0 Å². The Morgan fingerprint density at radius 2 is 1.30 bits per heavy atom. The minimum Gasteiger partial charge on any atom is -0.317 e. The smallest absolute Gasteiger partial charge is 0.317 e. The molecule has 0 bridgehead atoms. The lowest BCUT2D eigenvalue weighted by molar-refractivity contribution is -0.913. The number of halogens is 3. The van der Waals surface area contributed by atoms with Crippen molar-refractivity contribution >= 4 is 21.5 Å². The van der Waals surface area contributed by atoms with Crippen molar-refractivity contribution in [2.45, 2.75) is 12.7 Å². The van der Waals surface area contributed by atoms with Crippen molar-refractivity contribution in [3.8, 4) is 0 Å². The minimum atomic E-state index is -4.18. The van der Waals surface area contributed by atoms with Crippen molar-refractivity contribution in [1.82, 2.24) is 0 Å². The average Bonchev–Trinajstić information content (AvgIpc) is 2.44. The van der Waals surface area contributed by atoms with Crippen LogP contribution in [0, 0.1) is 0 Å². The van der Waals surface area contributed by atoms with Gasteiger partial charge in [0.05, 0.1) is 14.1 Å². The Kier molecular flexibility index (Phi) is 3.80. The van der Waals surface area contributed by atoms with Crippen molar-refractivity contribution in [3.05, 3.63) is 60.2 Å². The second-order valence-corrected chi connectivity index (χ2v) is 6.66. The van der Waals surface area contributed by atoms with E-state index in [4.69, 9.17) is 0 Å². The lowest BCUT2D eigenvalue weighted by Gasteiger charge is -2.31. The van der Waals surface area contributed by atoms with E-state index < -0.39 is 12.7 Å². The number of quaternary nitrogens is 1. The van der Waals surface area contributed by atoms with Crippen LogP contribution < -0.4 is 0 Å². The highest BCUT2D eigenvalue weighted by molar-refractivity contribution is 6.02. The van der Waals surface area contributed by atoms with Crippen molar-refractivity contribution in [2.75, 3.05) is 20.6 Å². The van der Waals surface area contributed by atoms with E-state index in [1.165, 1.54) is 0 Å². The third kappa shape index (κ3) is 3.48. The van der Waals surface area contributed by atoms with Gasteiger partial charge in [-0.1, -0.05) is 48.5 Å². The third-order valence-corrected chi connectivity index (χ3v) is 4.08.